The number of rotatable bonds is 8. The number of amides is 1. The molecule has 0 aliphatic rings. The number of carbonyl (C=O) groups is 2. The molecule has 1 unspecified atom stereocenters. The van der Waals surface area contributed by atoms with Crippen molar-refractivity contribution >= 4 is 28.2 Å². The first-order chi connectivity index (χ1) is 13.7. The Bertz CT molecular complexity index is 851. The summed E-state index contributed by atoms with van der Waals surface area (Å²) in [5.41, 5.74) is 0.990. The predicted molar refractivity (Wildman–Crippen MR) is 118 cm³/mol. The summed E-state index contributed by atoms with van der Waals surface area (Å²) in [5.74, 6) is 0.0421. The zero-order chi connectivity index (χ0) is 21.6. The maximum absolute atomic E-state index is 12.9. The molecule has 158 valence electrons. The first-order valence-electron chi connectivity index (χ1n) is 10.00. The molecule has 0 radical (unpaired) electrons. The van der Waals surface area contributed by atoms with E-state index in [4.69, 9.17) is 9.47 Å². The number of thiophene rings is 1. The molecule has 0 aliphatic carbocycles. The van der Waals surface area contributed by atoms with Crippen molar-refractivity contribution in [1.82, 2.24) is 0 Å². The van der Waals surface area contributed by atoms with Crippen molar-refractivity contribution in [2.24, 2.45) is 5.41 Å². The molecule has 0 saturated heterocycles. The van der Waals surface area contributed by atoms with Gasteiger partial charge in [-0.15, -0.1) is 11.3 Å². The van der Waals surface area contributed by atoms with E-state index >= 15 is 0 Å². The summed E-state index contributed by atoms with van der Waals surface area (Å²) >= 11 is 1.43. The highest BCUT2D eigenvalue weighted by atomic mass is 32.1. The molecule has 1 heterocycles. The molecule has 1 atom stereocenters. The molecule has 0 fully saturated rings. The highest BCUT2D eigenvalue weighted by Crippen LogP contribution is 2.39. The number of para-hydroxylation sites is 1. The number of ether oxygens (including phenoxy) is 2. The van der Waals surface area contributed by atoms with Gasteiger partial charge in [-0.05, 0) is 49.8 Å². The molecule has 2 aromatic rings. The Balaban J connectivity index is 2.35. The van der Waals surface area contributed by atoms with Crippen LogP contribution in [0.3, 0.4) is 0 Å². The molecule has 29 heavy (non-hydrogen) atoms. The van der Waals surface area contributed by atoms with E-state index < -0.39 is 5.97 Å². The zero-order valence-electron chi connectivity index (χ0n) is 18.1. The Morgan fingerprint density at radius 2 is 1.79 bits per heavy atom. The van der Waals surface area contributed by atoms with Crippen LogP contribution in [0.2, 0.25) is 0 Å². The van der Waals surface area contributed by atoms with Crippen LogP contribution in [-0.2, 0) is 4.74 Å². The Hall–Kier alpha value is -2.34. The van der Waals surface area contributed by atoms with E-state index in [9.17, 15) is 9.59 Å². The fourth-order valence-electron chi connectivity index (χ4n) is 3.23. The molecule has 0 aliphatic heterocycles. The lowest BCUT2D eigenvalue weighted by atomic mass is 9.85. The number of anilines is 1. The number of hydrogen-bond donors (Lipinski definition) is 1. The van der Waals surface area contributed by atoms with Gasteiger partial charge in [0.2, 0.25) is 0 Å². The van der Waals surface area contributed by atoms with Gasteiger partial charge in [-0.2, -0.15) is 0 Å². The normalized spacial score (nSPS) is 12.3. The summed E-state index contributed by atoms with van der Waals surface area (Å²) in [4.78, 5) is 26.4. The summed E-state index contributed by atoms with van der Waals surface area (Å²) < 4.78 is 10.8. The van der Waals surface area contributed by atoms with E-state index in [1.54, 1.807) is 25.1 Å². The number of esters is 1. The molecule has 6 heteroatoms. The van der Waals surface area contributed by atoms with Gasteiger partial charge in [0.25, 0.3) is 5.91 Å². The average Bonchev–Trinajstić information content (AvgIpc) is 3.05. The second-order valence-corrected chi connectivity index (χ2v) is 9.24. The number of hydrogen-bond acceptors (Lipinski definition) is 5. The van der Waals surface area contributed by atoms with Crippen molar-refractivity contribution in [1.29, 1.82) is 0 Å². The molecule has 0 bridgehead atoms. The Morgan fingerprint density at radius 3 is 2.41 bits per heavy atom. The first kappa shape index (κ1) is 22.9. The fraction of sp³-hybridized carbons (Fsp3) is 0.478. The lowest BCUT2D eigenvalue weighted by Crippen LogP contribution is -2.15. The molecule has 1 N–H and O–H groups in total. The molecule has 0 spiro atoms. The van der Waals surface area contributed by atoms with E-state index in [1.807, 2.05) is 19.1 Å². The highest BCUT2D eigenvalue weighted by Gasteiger charge is 2.24. The minimum absolute atomic E-state index is 0.160. The van der Waals surface area contributed by atoms with Gasteiger partial charge >= 0.3 is 5.97 Å². The Morgan fingerprint density at radius 1 is 1.10 bits per heavy atom. The van der Waals surface area contributed by atoms with Gasteiger partial charge in [0.1, 0.15) is 10.8 Å². The fourth-order valence-corrected chi connectivity index (χ4v) is 4.32. The molecule has 1 aromatic heterocycles. The van der Waals surface area contributed by atoms with Gasteiger partial charge in [0.05, 0.1) is 24.3 Å². The molecule has 2 rings (SSSR count). The van der Waals surface area contributed by atoms with Crippen LogP contribution in [0.5, 0.6) is 5.75 Å². The lowest BCUT2D eigenvalue weighted by Gasteiger charge is -2.22. The molecule has 1 amide bonds. The minimum atomic E-state index is -0.425. The largest absolute Gasteiger partial charge is 0.493 e. The van der Waals surface area contributed by atoms with E-state index in [1.165, 1.54) is 11.3 Å². The van der Waals surface area contributed by atoms with E-state index in [0.29, 0.717) is 28.5 Å². The Labute approximate surface area is 177 Å². The third-order valence-corrected chi connectivity index (χ3v) is 5.59. The molecule has 5 nitrogen and oxygen atoms in total. The molecular formula is C23H31NO4S. The van der Waals surface area contributed by atoms with Crippen LogP contribution < -0.4 is 10.1 Å². The third-order valence-electron chi connectivity index (χ3n) is 4.31. The SMILES string of the molecule is CCOC(=O)c1cc(C(C)CC(C)(C)C)sc1NC(=O)c1ccccc1OCC. The van der Waals surface area contributed by atoms with Crippen LogP contribution in [0.15, 0.2) is 30.3 Å². The summed E-state index contributed by atoms with van der Waals surface area (Å²) in [6.45, 7) is 13.1. The van der Waals surface area contributed by atoms with Crippen LogP contribution in [0.4, 0.5) is 5.00 Å². The van der Waals surface area contributed by atoms with Gasteiger partial charge < -0.3 is 14.8 Å². The number of carbonyl (C=O) groups excluding carboxylic acids is 2. The zero-order valence-corrected chi connectivity index (χ0v) is 18.9. The molecular weight excluding hydrogens is 386 g/mol. The van der Waals surface area contributed by atoms with Crippen LogP contribution in [0, 0.1) is 5.41 Å². The lowest BCUT2D eigenvalue weighted by molar-refractivity contribution is 0.0528. The van der Waals surface area contributed by atoms with Crippen molar-refractivity contribution in [3.63, 3.8) is 0 Å². The first-order valence-corrected chi connectivity index (χ1v) is 10.8. The van der Waals surface area contributed by atoms with Gasteiger partial charge in [0.15, 0.2) is 0 Å². The third kappa shape index (κ3) is 6.32. The molecule has 1 aromatic carbocycles. The van der Waals surface area contributed by atoms with Crippen LogP contribution >= 0.6 is 11.3 Å². The van der Waals surface area contributed by atoms with Crippen molar-refractivity contribution < 1.29 is 19.1 Å². The second kappa shape index (κ2) is 9.92. The highest BCUT2D eigenvalue weighted by molar-refractivity contribution is 7.16. The quantitative estimate of drug-likeness (QED) is 0.526. The summed E-state index contributed by atoms with van der Waals surface area (Å²) in [5, 5.41) is 3.41. The van der Waals surface area contributed by atoms with Crippen LogP contribution in [0.25, 0.3) is 0 Å². The summed E-state index contributed by atoms with van der Waals surface area (Å²) in [6.07, 6.45) is 0.969. The maximum Gasteiger partial charge on any atom is 0.341 e. The topological polar surface area (TPSA) is 64.6 Å². The van der Waals surface area contributed by atoms with Crippen LogP contribution in [-0.4, -0.2) is 25.1 Å². The number of benzene rings is 1. The van der Waals surface area contributed by atoms with Gasteiger partial charge in [-0.25, -0.2) is 4.79 Å². The summed E-state index contributed by atoms with van der Waals surface area (Å²) in [6, 6.07) is 8.93. The number of nitrogens with one attached hydrogen (secondary N) is 1. The second-order valence-electron chi connectivity index (χ2n) is 8.16. The maximum atomic E-state index is 12.9. The van der Waals surface area contributed by atoms with E-state index in [-0.39, 0.29) is 23.8 Å². The van der Waals surface area contributed by atoms with Crippen molar-refractivity contribution in [3.05, 3.63) is 46.3 Å². The van der Waals surface area contributed by atoms with Crippen molar-refractivity contribution in [2.75, 3.05) is 18.5 Å². The standard InChI is InChI=1S/C23H31NO4S/c1-7-27-18-12-10-9-11-16(18)20(25)24-21-17(22(26)28-8-2)13-19(29-21)15(3)14-23(4,5)6/h9-13,15H,7-8,14H2,1-6H3,(H,24,25). The predicted octanol–water partition coefficient (Wildman–Crippen LogP) is 6.12. The van der Waals surface area contributed by atoms with Crippen molar-refractivity contribution in [3.8, 4) is 5.75 Å². The molecule has 0 saturated carbocycles. The van der Waals surface area contributed by atoms with Crippen molar-refractivity contribution in [2.45, 2.75) is 53.9 Å². The van der Waals surface area contributed by atoms with E-state index in [2.05, 4.69) is 33.0 Å². The van der Waals surface area contributed by atoms with Gasteiger partial charge in [0, 0.05) is 4.88 Å². The van der Waals surface area contributed by atoms with Crippen LogP contribution in [0.1, 0.15) is 79.5 Å². The van der Waals surface area contributed by atoms with Gasteiger partial charge in [-0.3, -0.25) is 4.79 Å². The smallest absolute Gasteiger partial charge is 0.341 e. The van der Waals surface area contributed by atoms with E-state index in [0.717, 1.165) is 11.3 Å². The average molecular weight is 418 g/mol. The summed E-state index contributed by atoms with van der Waals surface area (Å²) in [7, 11) is 0. The minimum Gasteiger partial charge on any atom is -0.493 e. The Kier molecular flexibility index (Phi) is 7.85. The monoisotopic (exact) mass is 417 g/mol. The van der Waals surface area contributed by atoms with Gasteiger partial charge in [-0.1, -0.05) is 39.8 Å².